The van der Waals surface area contributed by atoms with Crippen molar-refractivity contribution in [2.75, 3.05) is 13.1 Å². The van der Waals surface area contributed by atoms with Gasteiger partial charge in [-0.15, -0.1) is 0 Å². The lowest BCUT2D eigenvalue weighted by atomic mass is 10.2. The highest BCUT2D eigenvalue weighted by Gasteiger charge is 2.16. The normalized spacial score (nSPS) is 12.6. The second-order valence-electron chi connectivity index (χ2n) is 5.28. The van der Waals surface area contributed by atoms with Crippen LogP contribution in [0.1, 0.15) is 27.7 Å². The van der Waals surface area contributed by atoms with Crippen LogP contribution in [0.15, 0.2) is 33.6 Å². The standard InChI is InChI=1S/C14H23BrN2O2S/c1-11(2)17(12(3)4)10-9-16-20(18,19)14-7-5-13(15)6-8-14/h5-8,11-12,16H,9-10H2,1-4H3. The lowest BCUT2D eigenvalue weighted by molar-refractivity contribution is 0.179. The molecular weight excluding hydrogens is 340 g/mol. The van der Waals surface area contributed by atoms with Gasteiger partial charge < -0.3 is 0 Å². The monoisotopic (exact) mass is 362 g/mol. The summed E-state index contributed by atoms with van der Waals surface area (Å²) in [5.41, 5.74) is 0. The molecule has 0 aliphatic heterocycles. The molecule has 0 radical (unpaired) electrons. The summed E-state index contributed by atoms with van der Waals surface area (Å²) in [6.45, 7) is 9.57. The third-order valence-corrected chi connectivity index (χ3v) is 5.12. The quantitative estimate of drug-likeness (QED) is 0.811. The first-order valence-corrected chi connectivity index (χ1v) is 9.02. The lowest BCUT2D eigenvalue weighted by Crippen LogP contribution is -2.42. The second-order valence-corrected chi connectivity index (χ2v) is 7.96. The Balaban J connectivity index is 2.62. The molecule has 0 saturated heterocycles. The fourth-order valence-corrected chi connectivity index (χ4v) is 3.40. The van der Waals surface area contributed by atoms with Crippen molar-refractivity contribution in [3.63, 3.8) is 0 Å². The van der Waals surface area contributed by atoms with E-state index in [0.717, 1.165) is 4.47 Å². The molecule has 1 aromatic carbocycles. The van der Waals surface area contributed by atoms with Gasteiger partial charge in [-0.3, -0.25) is 4.90 Å². The van der Waals surface area contributed by atoms with Crippen molar-refractivity contribution in [2.24, 2.45) is 0 Å². The largest absolute Gasteiger partial charge is 0.297 e. The van der Waals surface area contributed by atoms with Gasteiger partial charge in [0, 0.05) is 29.6 Å². The van der Waals surface area contributed by atoms with Gasteiger partial charge in [0.25, 0.3) is 0 Å². The number of sulfonamides is 1. The first kappa shape index (κ1) is 17.6. The maximum absolute atomic E-state index is 12.1. The van der Waals surface area contributed by atoms with Gasteiger partial charge in [-0.2, -0.15) is 0 Å². The minimum Gasteiger partial charge on any atom is -0.297 e. The van der Waals surface area contributed by atoms with Crippen LogP contribution in [-0.4, -0.2) is 38.5 Å². The number of hydrogen-bond donors (Lipinski definition) is 1. The summed E-state index contributed by atoms with van der Waals surface area (Å²) in [5.74, 6) is 0. The van der Waals surface area contributed by atoms with E-state index in [1.54, 1.807) is 24.3 Å². The van der Waals surface area contributed by atoms with Crippen molar-refractivity contribution >= 4 is 26.0 Å². The predicted molar refractivity (Wildman–Crippen MR) is 86.3 cm³/mol. The Hall–Kier alpha value is -0.430. The summed E-state index contributed by atoms with van der Waals surface area (Å²) in [4.78, 5) is 2.55. The average molecular weight is 363 g/mol. The number of hydrogen-bond acceptors (Lipinski definition) is 3. The van der Waals surface area contributed by atoms with Crippen molar-refractivity contribution in [3.8, 4) is 0 Å². The molecule has 0 heterocycles. The Bertz CT molecular complexity index is 504. The zero-order valence-corrected chi connectivity index (χ0v) is 14.8. The fraction of sp³-hybridized carbons (Fsp3) is 0.571. The van der Waals surface area contributed by atoms with E-state index in [1.165, 1.54) is 0 Å². The molecule has 0 fully saturated rings. The fourth-order valence-electron chi connectivity index (χ4n) is 2.12. The van der Waals surface area contributed by atoms with Crippen LogP contribution in [0, 0.1) is 0 Å². The van der Waals surface area contributed by atoms with Crippen LogP contribution in [-0.2, 0) is 10.0 Å². The van der Waals surface area contributed by atoms with Gasteiger partial charge in [-0.1, -0.05) is 15.9 Å². The first-order chi connectivity index (χ1) is 9.24. The van der Waals surface area contributed by atoms with E-state index in [1.807, 2.05) is 0 Å². The highest BCUT2D eigenvalue weighted by Crippen LogP contribution is 2.14. The Kier molecular flexibility index (Phi) is 6.64. The molecule has 0 atom stereocenters. The topological polar surface area (TPSA) is 49.4 Å². The van der Waals surface area contributed by atoms with Gasteiger partial charge in [0.2, 0.25) is 10.0 Å². The summed E-state index contributed by atoms with van der Waals surface area (Å²) >= 11 is 3.29. The van der Waals surface area contributed by atoms with Crippen molar-refractivity contribution in [2.45, 2.75) is 44.7 Å². The Labute approximate surface area is 130 Å². The number of nitrogens with one attached hydrogen (secondary N) is 1. The van der Waals surface area contributed by atoms with Crippen LogP contribution in [0.2, 0.25) is 0 Å². The highest BCUT2D eigenvalue weighted by molar-refractivity contribution is 9.10. The van der Waals surface area contributed by atoms with Crippen LogP contribution in [0.3, 0.4) is 0 Å². The molecule has 20 heavy (non-hydrogen) atoms. The molecule has 0 bridgehead atoms. The summed E-state index contributed by atoms with van der Waals surface area (Å²) in [7, 11) is -3.42. The van der Waals surface area contributed by atoms with E-state index < -0.39 is 10.0 Å². The van der Waals surface area contributed by atoms with Gasteiger partial charge in [-0.25, -0.2) is 13.1 Å². The van der Waals surface area contributed by atoms with Crippen LogP contribution >= 0.6 is 15.9 Å². The minimum atomic E-state index is -3.42. The van der Waals surface area contributed by atoms with Crippen molar-refractivity contribution in [3.05, 3.63) is 28.7 Å². The molecule has 0 saturated carbocycles. The molecule has 0 amide bonds. The van der Waals surface area contributed by atoms with E-state index in [4.69, 9.17) is 0 Å². The summed E-state index contributed by atoms with van der Waals surface area (Å²) in [6, 6.07) is 7.43. The predicted octanol–water partition coefficient (Wildman–Crippen LogP) is 2.85. The molecule has 6 heteroatoms. The van der Waals surface area contributed by atoms with Crippen molar-refractivity contribution in [1.82, 2.24) is 9.62 Å². The Morgan fingerprint density at radius 2 is 1.60 bits per heavy atom. The third kappa shape index (κ3) is 5.16. The maximum Gasteiger partial charge on any atom is 0.240 e. The molecule has 1 rings (SSSR count). The minimum absolute atomic E-state index is 0.293. The smallest absolute Gasteiger partial charge is 0.240 e. The van der Waals surface area contributed by atoms with E-state index in [9.17, 15) is 8.42 Å². The van der Waals surface area contributed by atoms with Gasteiger partial charge in [-0.05, 0) is 52.0 Å². The van der Waals surface area contributed by atoms with Crippen LogP contribution in [0.4, 0.5) is 0 Å². The van der Waals surface area contributed by atoms with Crippen molar-refractivity contribution < 1.29 is 8.42 Å². The first-order valence-electron chi connectivity index (χ1n) is 6.75. The summed E-state index contributed by atoms with van der Waals surface area (Å²) in [5, 5.41) is 0. The van der Waals surface area contributed by atoms with Gasteiger partial charge in [0.05, 0.1) is 4.90 Å². The molecule has 0 spiro atoms. The maximum atomic E-state index is 12.1. The number of rotatable bonds is 7. The van der Waals surface area contributed by atoms with Crippen molar-refractivity contribution in [1.29, 1.82) is 0 Å². The lowest BCUT2D eigenvalue weighted by Gasteiger charge is -2.30. The molecular formula is C14H23BrN2O2S. The molecule has 114 valence electrons. The molecule has 0 aromatic heterocycles. The van der Waals surface area contributed by atoms with Crippen LogP contribution in [0.25, 0.3) is 0 Å². The van der Waals surface area contributed by atoms with Crippen LogP contribution < -0.4 is 4.72 Å². The highest BCUT2D eigenvalue weighted by atomic mass is 79.9. The second kappa shape index (κ2) is 7.54. The third-order valence-electron chi connectivity index (χ3n) is 3.11. The Morgan fingerprint density at radius 1 is 1.10 bits per heavy atom. The zero-order valence-electron chi connectivity index (χ0n) is 12.4. The van der Waals surface area contributed by atoms with Crippen LogP contribution in [0.5, 0.6) is 0 Å². The molecule has 0 unspecified atom stereocenters. The number of nitrogens with zero attached hydrogens (tertiary/aromatic N) is 1. The number of halogens is 1. The summed E-state index contributed by atoms with van der Waals surface area (Å²) in [6.07, 6.45) is 0. The van der Waals surface area contributed by atoms with Gasteiger partial charge in [0.1, 0.15) is 0 Å². The zero-order chi connectivity index (χ0) is 15.3. The van der Waals surface area contributed by atoms with Gasteiger partial charge in [0.15, 0.2) is 0 Å². The molecule has 1 aromatic rings. The summed E-state index contributed by atoms with van der Waals surface area (Å²) < 4.78 is 27.8. The SMILES string of the molecule is CC(C)N(CCNS(=O)(=O)c1ccc(Br)cc1)C(C)C. The average Bonchev–Trinajstić information content (AvgIpc) is 2.34. The molecule has 4 nitrogen and oxygen atoms in total. The Morgan fingerprint density at radius 3 is 2.05 bits per heavy atom. The molecule has 1 N–H and O–H groups in total. The molecule has 0 aliphatic carbocycles. The van der Waals surface area contributed by atoms with Gasteiger partial charge >= 0.3 is 0 Å². The number of benzene rings is 1. The van der Waals surface area contributed by atoms with E-state index in [-0.39, 0.29) is 0 Å². The van der Waals surface area contributed by atoms with E-state index in [0.29, 0.717) is 30.1 Å². The van der Waals surface area contributed by atoms with E-state index in [2.05, 4.69) is 53.2 Å². The van der Waals surface area contributed by atoms with E-state index >= 15 is 0 Å². The molecule has 0 aliphatic rings.